The highest BCUT2D eigenvalue weighted by atomic mass is 32.2. The van der Waals surface area contributed by atoms with Gasteiger partial charge in [0.2, 0.25) is 5.91 Å². The Morgan fingerprint density at radius 3 is 1.33 bits per heavy atom. The fraction of sp³-hybridized carbons (Fsp3) is 0.612. The van der Waals surface area contributed by atoms with Gasteiger partial charge in [0.05, 0.1) is 56.7 Å². The largest absolute Gasteiger partial charge is 0.387 e. The Hall–Kier alpha value is -5.06. The van der Waals surface area contributed by atoms with Crippen LogP contribution in [-0.2, 0) is 73.9 Å². The van der Waals surface area contributed by atoms with Crippen molar-refractivity contribution >= 4 is 16.0 Å². The highest BCUT2D eigenvalue weighted by Gasteiger charge is 2.49. The molecule has 0 saturated carbocycles. The van der Waals surface area contributed by atoms with Gasteiger partial charge in [0.1, 0.15) is 30.5 Å². The molecule has 0 aliphatic carbocycles. The van der Waals surface area contributed by atoms with Crippen LogP contribution in [0.2, 0.25) is 0 Å². The number of aryl methyl sites for hydroxylation is 1. The number of aliphatic hydroxyl groups is 1. The Kier molecular flexibility index (Phi) is 43.4. The molecule has 1 aliphatic rings. The van der Waals surface area contributed by atoms with Crippen LogP contribution in [-0.4, -0.2) is 81.6 Å². The van der Waals surface area contributed by atoms with E-state index in [-0.39, 0.29) is 37.2 Å². The molecule has 6 rings (SSSR count). The summed E-state index contributed by atoms with van der Waals surface area (Å²) in [6.45, 7) is 6.45. The van der Waals surface area contributed by atoms with E-state index in [4.69, 9.17) is 32.6 Å². The minimum absolute atomic E-state index is 0.0273. The first kappa shape index (κ1) is 81.9. The number of unbranched alkanes of at least 4 members (excludes halogenated alkanes) is 31. The zero-order valence-corrected chi connectivity index (χ0v) is 61.4. The predicted molar refractivity (Wildman–Crippen MR) is 399 cm³/mol. The average molecular weight is 1370 g/mol. The monoisotopic (exact) mass is 1370 g/mol. The molecule has 1 saturated heterocycles. The third-order valence-electron chi connectivity index (χ3n) is 19.0. The van der Waals surface area contributed by atoms with Gasteiger partial charge in [-0.25, -0.2) is 0 Å². The number of hydrogen-bond acceptors (Lipinski definition) is 11. The second-order valence-electron chi connectivity index (χ2n) is 27.6. The van der Waals surface area contributed by atoms with Crippen LogP contribution < -0.4 is 5.32 Å². The third-order valence-corrected chi connectivity index (χ3v) is 20.3. The molecule has 5 aromatic rings. The number of hydrogen-bond donors (Lipinski definition) is 2. The van der Waals surface area contributed by atoms with Gasteiger partial charge in [0.15, 0.2) is 6.29 Å². The van der Waals surface area contributed by atoms with Crippen molar-refractivity contribution in [3.63, 3.8) is 0 Å². The first-order valence-electron chi connectivity index (χ1n) is 38.6. The van der Waals surface area contributed by atoms with Crippen molar-refractivity contribution in [2.24, 2.45) is 0 Å². The van der Waals surface area contributed by atoms with E-state index in [1.54, 1.807) is 12.1 Å². The smallest absolute Gasteiger partial charge is 0.297 e. The zero-order chi connectivity index (χ0) is 69.2. The van der Waals surface area contributed by atoms with E-state index in [0.29, 0.717) is 19.4 Å². The second-order valence-corrected chi connectivity index (χ2v) is 29.2. The molecule has 0 spiro atoms. The fourth-order valence-electron chi connectivity index (χ4n) is 13.0. The average Bonchev–Trinajstić information content (AvgIpc) is 0.796. The molecule has 1 amide bonds. The number of amides is 1. The fourth-order valence-corrected chi connectivity index (χ4v) is 13.9. The van der Waals surface area contributed by atoms with Crippen LogP contribution in [0.1, 0.15) is 266 Å². The van der Waals surface area contributed by atoms with Gasteiger partial charge < -0.3 is 38.8 Å². The van der Waals surface area contributed by atoms with Gasteiger partial charge in [0.25, 0.3) is 10.1 Å². The number of aliphatic hydroxyl groups excluding tert-OH is 1. The lowest BCUT2D eigenvalue weighted by Crippen LogP contribution is -2.62. The molecule has 1 heterocycles. The van der Waals surface area contributed by atoms with Gasteiger partial charge in [-0.2, -0.15) is 8.42 Å². The minimum atomic E-state index is -4.30. The summed E-state index contributed by atoms with van der Waals surface area (Å²) in [4.78, 5) is 14.7. The van der Waals surface area contributed by atoms with Gasteiger partial charge in [-0.05, 0) is 67.0 Å². The summed E-state index contributed by atoms with van der Waals surface area (Å²) in [5.74, 6) is -0.133. The molecular formula is C85H127NO11S. The van der Waals surface area contributed by atoms with Crippen molar-refractivity contribution in [1.29, 1.82) is 0 Å². The minimum Gasteiger partial charge on any atom is -0.387 e. The molecule has 0 bridgehead atoms. The molecule has 1 fully saturated rings. The van der Waals surface area contributed by atoms with Crippen molar-refractivity contribution in [3.8, 4) is 0 Å². The van der Waals surface area contributed by atoms with E-state index in [2.05, 4.69) is 31.3 Å². The summed E-state index contributed by atoms with van der Waals surface area (Å²) in [6, 6.07) is 45.0. The van der Waals surface area contributed by atoms with Gasteiger partial charge in [-0.1, -0.05) is 358 Å². The molecule has 98 heavy (non-hydrogen) atoms. The van der Waals surface area contributed by atoms with Crippen molar-refractivity contribution in [1.82, 2.24) is 5.32 Å². The molecule has 8 atom stereocenters. The summed E-state index contributed by atoms with van der Waals surface area (Å²) in [6.07, 6.45) is 39.9. The third kappa shape index (κ3) is 35.0. The summed E-state index contributed by atoms with van der Waals surface area (Å²) >= 11 is 0. The first-order chi connectivity index (χ1) is 48.1. The normalized spacial score (nSPS) is 17.5. The van der Waals surface area contributed by atoms with E-state index in [0.717, 1.165) is 66.3 Å². The highest BCUT2D eigenvalue weighted by molar-refractivity contribution is 7.86. The number of nitrogens with one attached hydrogen (secondary N) is 1. The van der Waals surface area contributed by atoms with Gasteiger partial charge in [0, 0.05) is 6.42 Å². The second kappa shape index (κ2) is 52.0. The van der Waals surface area contributed by atoms with Crippen LogP contribution in [0.15, 0.2) is 163 Å². The molecule has 0 radical (unpaired) electrons. The maximum absolute atomic E-state index is 14.7. The van der Waals surface area contributed by atoms with Gasteiger partial charge >= 0.3 is 0 Å². The molecule has 0 unspecified atom stereocenters. The maximum atomic E-state index is 14.7. The van der Waals surface area contributed by atoms with E-state index in [1.165, 1.54) is 185 Å². The Labute approximate surface area is 593 Å². The van der Waals surface area contributed by atoms with Crippen LogP contribution in [0.25, 0.3) is 0 Å². The highest BCUT2D eigenvalue weighted by Crippen LogP contribution is 2.31. The quantitative estimate of drug-likeness (QED) is 0.0218. The topological polar surface area (TPSA) is 148 Å². The van der Waals surface area contributed by atoms with E-state index >= 15 is 0 Å². The number of allylic oxidation sites excluding steroid dienone is 1. The number of carbonyl (C=O) groups excluding carboxylic acids is 1. The zero-order valence-electron chi connectivity index (χ0n) is 60.6. The van der Waals surface area contributed by atoms with Crippen LogP contribution in [0.3, 0.4) is 0 Å². The molecule has 0 aromatic heterocycles. The van der Waals surface area contributed by atoms with E-state index in [9.17, 15) is 18.3 Å². The van der Waals surface area contributed by atoms with Crippen LogP contribution >= 0.6 is 0 Å². The van der Waals surface area contributed by atoms with E-state index < -0.39 is 65.7 Å². The summed E-state index contributed by atoms with van der Waals surface area (Å²) in [7, 11) is -4.30. The number of ether oxygens (including phenoxy) is 6. The summed E-state index contributed by atoms with van der Waals surface area (Å²) < 4.78 is 74.7. The van der Waals surface area contributed by atoms with Crippen molar-refractivity contribution in [3.05, 3.63) is 186 Å². The van der Waals surface area contributed by atoms with Crippen molar-refractivity contribution in [2.45, 2.75) is 326 Å². The molecule has 2 N–H and O–H groups in total. The Bertz CT molecular complexity index is 2860. The van der Waals surface area contributed by atoms with E-state index in [1.807, 2.05) is 128 Å². The summed E-state index contributed by atoms with van der Waals surface area (Å²) in [5, 5.41) is 15.8. The van der Waals surface area contributed by atoms with Crippen molar-refractivity contribution in [2.75, 3.05) is 13.2 Å². The number of carbonyl (C=O) groups is 1. The number of rotatable bonds is 58. The lowest BCUT2D eigenvalue weighted by atomic mass is 9.98. The Morgan fingerprint density at radius 1 is 0.480 bits per heavy atom. The predicted octanol–water partition coefficient (Wildman–Crippen LogP) is 20.9. The lowest BCUT2D eigenvalue weighted by molar-refractivity contribution is -0.320. The molecule has 12 nitrogen and oxygen atoms in total. The first-order valence-corrected chi connectivity index (χ1v) is 40.0. The van der Waals surface area contributed by atoms with Crippen LogP contribution in [0.5, 0.6) is 0 Å². The van der Waals surface area contributed by atoms with Gasteiger partial charge in [-0.3, -0.25) is 8.98 Å². The molecule has 1 aliphatic heterocycles. The maximum Gasteiger partial charge on any atom is 0.297 e. The molecule has 5 aromatic carbocycles. The van der Waals surface area contributed by atoms with Crippen molar-refractivity contribution < 1.29 is 50.9 Å². The summed E-state index contributed by atoms with van der Waals surface area (Å²) in [5.41, 5.74) is 4.57. The molecule has 13 heteroatoms. The van der Waals surface area contributed by atoms with Crippen LogP contribution in [0, 0.1) is 6.92 Å². The number of benzene rings is 5. The standard InChI is InChI=1S/C85H127NO11S/c1-4-6-8-10-12-14-16-18-19-20-21-22-23-24-25-26-27-28-30-32-34-36-50-60-80(87)86-77(82(92-66-73-53-43-38-44-54-73)78(91-65-72-51-41-37-42-52-72)59-49-35-33-31-29-17-15-13-11-9-7-5-2)69-95-85-84(94-68-75-57-47-40-48-58-75)83(93-67-74-55-45-39-46-56-74)81(88)79(97-85)70-96-98(89,90)76-63-61-71(3)62-64-76/h35,37-49,51-58,61-64,77-79,81-85,88H,4-34,36,50,59-60,65-70H2,1-3H3,(H,86,87)/t77-,78+,79+,81-,82-,83-,84+,85-/m0/s1. The lowest BCUT2D eigenvalue weighted by Gasteiger charge is -2.44. The van der Waals surface area contributed by atoms with Gasteiger partial charge in [-0.15, -0.1) is 0 Å². The molecular weight excluding hydrogens is 1240 g/mol. The molecule has 544 valence electrons. The SMILES string of the molecule is CCCCCCCCCCCC=CC[C@@H](OCc1ccccc1)[C@@H](OCc1ccccc1)[C@H](CO[C@H]1O[C@H](COS(=O)(=O)c2ccc(C)cc2)[C@H](O)[C@H](OCc2ccccc2)[C@H]1OCc1ccccc1)NC(=O)CCCCCCCCCCCCCCCCCCCCCCCCC. The Balaban J connectivity index is 1.18. The Morgan fingerprint density at radius 2 is 0.878 bits per heavy atom. The van der Waals surface area contributed by atoms with Crippen LogP contribution in [0.4, 0.5) is 0 Å².